The Morgan fingerprint density at radius 1 is 1.10 bits per heavy atom. The number of para-hydroxylation sites is 1. The Bertz CT molecular complexity index is 1140. The van der Waals surface area contributed by atoms with Gasteiger partial charge >= 0.3 is 5.97 Å². The molecule has 2 N–H and O–H groups in total. The number of carbonyl (C=O) groups excluding carboxylic acids is 1. The number of benzene rings is 2. The lowest BCUT2D eigenvalue weighted by atomic mass is 10.0. The van der Waals surface area contributed by atoms with E-state index in [2.05, 4.69) is 0 Å². The van der Waals surface area contributed by atoms with Crippen molar-refractivity contribution in [2.24, 2.45) is 5.14 Å². The molecule has 0 spiro atoms. The quantitative estimate of drug-likeness (QED) is 0.525. The number of carbonyl (C=O) groups is 1. The van der Waals surface area contributed by atoms with Crippen LogP contribution in [0.15, 0.2) is 64.1 Å². The van der Waals surface area contributed by atoms with E-state index in [9.17, 15) is 13.2 Å². The van der Waals surface area contributed by atoms with Gasteiger partial charge in [-0.3, -0.25) is 0 Å². The Morgan fingerprint density at radius 3 is 2.53 bits per heavy atom. The van der Waals surface area contributed by atoms with Crippen molar-refractivity contribution >= 4 is 27.6 Å². The maximum Gasteiger partial charge on any atom is 0.338 e. The summed E-state index contributed by atoms with van der Waals surface area (Å²) >= 11 is 6.11. The Morgan fingerprint density at radius 2 is 1.87 bits per heavy atom. The van der Waals surface area contributed by atoms with E-state index in [0.29, 0.717) is 29.7 Å². The van der Waals surface area contributed by atoms with Gasteiger partial charge in [-0.05, 0) is 42.3 Å². The summed E-state index contributed by atoms with van der Waals surface area (Å²) in [5.74, 6) is 0.594. The normalized spacial score (nSPS) is 11.3. The maximum atomic E-state index is 12.8. The summed E-state index contributed by atoms with van der Waals surface area (Å²) < 4.78 is 39.7. The molecule has 0 radical (unpaired) electrons. The molecule has 0 unspecified atom stereocenters. The molecule has 1 heterocycles. The van der Waals surface area contributed by atoms with Crippen LogP contribution in [0.3, 0.4) is 0 Å². The van der Waals surface area contributed by atoms with Gasteiger partial charge < -0.3 is 13.9 Å². The van der Waals surface area contributed by atoms with E-state index in [1.807, 2.05) is 0 Å². The van der Waals surface area contributed by atoms with E-state index in [1.165, 1.54) is 13.2 Å². The van der Waals surface area contributed by atoms with Crippen molar-refractivity contribution in [1.29, 1.82) is 0 Å². The van der Waals surface area contributed by atoms with Crippen LogP contribution >= 0.6 is 11.6 Å². The van der Waals surface area contributed by atoms with Gasteiger partial charge in [0.2, 0.25) is 10.0 Å². The summed E-state index contributed by atoms with van der Waals surface area (Å²) in [6.07, 6.45) is 2.43. The minimum Gasteiger partial charge on any atom is -0.496 e. The van der Waals surface area contributed by atoms with Crippen LogP contribution in [-0.2, 0) is 34.2 Å². The van der Waals surface area contributed by atoms with Crippen LogP contribution in [0.4, 0.5) is 0 Å². The zero-order valence-electron chi connectivity index (χ0n) is 16.1. The third-order valence-electron chi connectivity index (χ3n) is 4.46. The highest BCUT2D eigenvalue weighted by Gasteiger charge is 2.22. The predicted octanol–water partition coefficient (Wildman–Crippen LogP) is 3.73. The Hall–Kier alpha value is -2.81. The molecular formula is C21H20ClNO6S. The molecule has 0 aliphatic heterocycles. The number of esters is 1. The van der Waals surface area contributed by atoms with Gasteiger partial charge in [0.1, 0.15) is 23.0 Å². The van der Waals surface area contributed by atoms with Gasteiger partial charge in [0, 0.05) is 12.0 Å². The largest absolute Gasteiger partial charge is 0.496 e. The highest BCUT2D eigenvalue weighted by Crippen LogP contribution is 2.27. The first kappa shape index (κ1) is 21.9. The Labute approximate surface area is 179 Å². The number of halogens is 1. The first-order chi connectivity index (χ1) is 14.3. The molecule has 0 amide bonds. The van der Waals surface area contributed by atoms with Crippen molar-refractivity contribution in [2.45, 2.75) is 24.3 Å². The summed E-state index contributed by atoms with van der Waals surface area (Å²) in [6.45, 7) is -0.0478. The van der Waals surface area contributed by atoms with Crippen molar-refractivity contribution in [1.82, 2.24) is 0 Å². The monoisotopic (exact) mass is 449 g/mol. The zero-order valence-corrected chi connectivity index (χ0v) is 17.7. The summed E-state index contributed by atoms with van der Waals surface area (Å²) in [5, 5.41) is 5.17. The summed E-state index contributed by atoms with van der Waals surface area (Å²) in [4.78, 5) is 12.5. The predicted molar refractivity (Wildman–Crippen MR) is 111 cm³/mol. The number of hydrogen-bond acceptors (Lipinski definition) is 6. The van der Waals surface area contributed by atoms with Crippen LogP contribution in [0.1, 0.15) is 27.2 Å². The first-order valence-electron chi connectivity index (χ1n) is 8.96. The number of furan rings is 1. The number of rotatable bonds is 8. The number of aryl methyl sites for hydroxylation is 2. The summed E-state index contributed by atoms with van der Waals surface area (Å²) in [6, 6.07) is 13.2. The second kappa shape index (κ2) is 9.34. The van der Waals surface area contributed by atoms with Crippen molar-refractivity contribution in [3.63, 3.8) is 0 Å². The average Bonchev–Trinajstić information content (AvgIpc) is 3.23. The molecule has 0 bridgehead atoms. The molecule has 0 atom stereocenters. The number of sulfonamides is 1. The van der Waals surface area contributed by atoms with E-state index in [0.717, 1.165) is 11.8 Å². The van der Waals surface area contributed by atoms with Crippen molar-refractivity contribution < 1.29 is 27.1 Å². The molecule has 0 aliphatic rings. The molecular weight excluding hydrogens is 430 g/mol. The number of hydrogen-bond donors (Lipinski definition) is 1. The maximum absolute atomic E-state index is 12.8. The van der Waals surface area contributed by atoms with Crippen molar-refractivity contribution in [3.8, 4) is 5.75 Å². The number of primary sulfonamides is 1. The lowest BCUT2D eigenvalue weighted by Crippen LogP contribution is -2.16. The Kier molecular flexibility index (Phi) is 6.81. The van der Waals surface area contributed by atoms with Crippen LogP contribution in [0.2, 0.25) is 5.02 Å². The molecule has 30 heavy (non-hydrogen) atoms. The fraction of sp³-hybridized carbons (Fsp3) is 0.190. The molecule has 2 aromatic carbocycles. The van der Waals surface area contributed by atoms with Gasteiger partial charge in [0.05, 0.1) is 24.0 Å². The summed E-state index contributed by atoms with van der Waals surface area (Å²) in [5.41, 5.74) is 1.27. The fourth-order valence-electron chi connectivity index (χ4n) is 2.97. The molecule has 0 fully saturated rings. The zero-order chi connectivity index (χ0) is 21.7. The summed E-state index contributed by atoms with van der Waals surface area (Å²) in [7, 11) is -2.60. The molecule has 7 nitrogen and oxygen atoms in total. The van der Waals surface area contributed by atoms with Crippen molar-refractivity contribution in [2.75, 3.05) is 7.11 Å². The van der Waals surface area contributed by atoms with E-state index in [4.69, 9.17) is 30.6 Å². The molecule has 0 aliphatic carbocycles. The SMILES string of the molecule is COc1ccccc1COC(=O)c1cc(S(N)(=O)=O)c(Cl)cc1CCc1ccco1. The third kappa shape index (κ3) is 5.21. The smallest absolute Gasteiger partial charge is 0.338 e. The highest BCUT2D eigenvalue weighted by atomic mass is 35.5. The third-order valence-corrected chi connectivity index (χ3v) is 5.83. The van der Waals surface area contributed by atoms with E-state index >= 15 is 0 Å². The average molecular weight is 450 g/mol. The van der Waals surface area contributed by atoms with E-state index in [-0.39, 0.29) is 22.1 Å². The number of methoxy groups -OCH3 is 1. The van der Waals surface area contributed by atoms with Crippen LogP contribution in [-0.4, -0.2) is 21.5 Å². The molecule has 9 heteroatoms. The number of nitrogens with two attached hydrogens (primary N) is 1. The van der Waals surface area contributed by atoms with E-state index in [1.54, 1.807) is 42.7 Å². The lowest BCUT2D eigenvalue weighted by molar-refractivity contribution is 0.0468. The second-order valence-corrected chi connectivity index (χ2v) is 8.39. The molecule has 3 rings (SSSR count). The molecule has 0 saturated heterocycles. The first-order valence-corrected chi connectivity index (χ1v) is 10.9. The van der Waals surface area contributed by atoms with Crippen LogP contribution in [0.5, 0.6) is 5.75 Å². The molecule has 3 aromatic rings. The molecule has 1 aromatic heterocycles. The van der Waals surface area contributed by atoms with Crippen LogP contribution < -0.4 is 9.88 Å². The van der Waals surface area contributed by atoms with Crippen molar-refractivity contribution in [3.05, 3.63) is 82.3 Å². The van der Waals surface area contributed by atoms with Gasteiger partial charge in [-0.1, -0.05) is 29.8 Å². The van der Waals surface area contributed by atoms with Gasteiger partial charge in [0.15, 0.2) is 0 Å². The van der Waals surface area contributed by atoms with Gasteiger partial charge in [-0.25, -0.2) is 18.4 Å². The molecule has 0 saturated carbocycles. The van der Waals surface area contributed by atoms with Gasteiger partial charge in [0.25, 0.3) is 0 Å². The topological polar surface area (TPSA) is 109 Å². The fourth-order valence-corrected chi connectivity index (χ4v) is 4.09. The Balaban J connectivity index is 1.89. The van der Waals surface area contributed by atoms with E-state index < -0.39 is 16.0 Å². The second-order valence-electron chi connectivity index (χ2n) is 6.45. The highest BCUT2D eigenvalue weighted by molar-refractivity contribution is 7.89. The molecule has 158 valence electrons. The number of ether oxygens (including phenoxy) is 2. The van der Waals surface area contributed by atoms with Gasteiger partial charge in [-0.2, -0.15) is 0 Å². The van der Waals surface area contributed by atoms with Crippen LogP contribution in [0.25, 0.3) is 0 Å². The standard InChI is InChI=1S/C21H20ClNO6S/c1-27-19-7-3-2-5-15(19)13-29-21(24)17-12-20(30(23,25)26)18(22)11-14(17)8-9-16-6-4-10-28-16/h2-7,10-12H,8-9,13H2,1H3,(H2,23,25,26). The van der Waals surface area contributed by atoms with Crippen LogP contribution in [0, 0.1) is 0 Å². The lowest BCUT2D eigenvalue weighted by Gasteiger charge is -2.13. The van der Waals surface area contributed by atoms with Gasteiger partial charge in [-0.15, -0.1) is 0 Å². The minimum absolute atomic E-state index is 0.0478. The minimum atomic E-state index is -4.12.